The van der Waals surface area contributed by atoms with Gasteiger partial charge in [-0.2, -0.15) is 0 Å². The summed E-state index contributed by atoms with van der Waals surface area (Å²) in [4.78, 5) is 48.1. The number of aliphatic carboxylic acids is 2. The molecule has 0 aromatic carbocycles. The Morgan fingerprint density at radius 2 is 1.30 bits per heavy atom. The lowest BCUT2D eigenvalue weighted by Crippen LogP contribution is -2.42. The molecule has 0 radical (unpaired) electrons. The summed E-state index contributed by atoms with van der Waals surface area (Å²) in [6.45, 7) is 6.92. The van der Waals surface area contributed by atoms with E-state index in [1.807, 2.05) is 0 Å². The third kappa shape index (κ3) is 7.95. The average Bonchev–Trinajstić information content (AvgIpc) is 2.65. The van der Waals surface area contributed by atoms with Crippen LogP contribution < -0.4 is 0 Å². The van der Waals surface area contributed by atoms with Crippen molar-refractivity contribution in [1.82, 2.24) is 0 Å². The molecule has 3 atom stereocenters. The maximum absolute atomic E-state index is 12.7. The SMILES string of the molecule is CCCCCCCC(C)(CC(C)(CC(C)C(C(=O)O)C(=O)O)C(=O)OC)C(=O)OC. The van der Waals surface area contributed by atoms with Gasteiger partial charge in [0.2, 0.25) is 0 Å². The third-order valence-electron chi connectivity index (χ3n) is 5.84. The lowest BCUT2D eigenvalue weighted by Gasteiger charge is -2.38. The molecular weight excluding hydrogens is 392 g/mol. The van der Waals surface area contributed by atoms with Crippen LogP contribution in [0.5, 0.6) is 0 Å². The summed E-state index contributed by atoms with van der Waals surface area (Å²) in [5, 5.41) is 18.6. The molecule has 0 saturated carbocycles. The summed E-state index contributed by atoms with van der Waals surface area (Å²) >= 11 is 0. The molecule has 0 spiro atoms. The zero-order valence-electron chi connectivity index (χ0n) is 19.2. The van der Waals surface area contributed by atoms with E-state index in [-0.39, 0.29) is 12.8 Å². The first-order valence-corrected chi connectivity index (χ1v) is 10.5. The van der Waals surface area contributed by atoms with Gasteiger partial charge in [0.05, 0.1) is 25.0 Å². The molecule has 0 aliphatic carbocycles. The maximum atomic E-state index is 12.7. The lowest BCUT2D eigenvalue weighted by molar-refractivity contribution is -0.166. The largest absolute Gasteiger partial charge is 0.481 e. The second-order valence-corrected chi connectivity index (χ2v) is 8.78. The van der Waals surface area contributed by atoms with Crippen LogP contribution in [0.1, 0.15) is 79.1 Å². The van der Waals surface area contributed by atoms with Gasteiger partial charge in [-0.15, -0.1) is 0 Å². The van der Waals surface area contributed by atoms with E-state index in [2.05, 4.69) is 6.92 Å². The van der Waals surface area contributed by atoms with E-state index in [0.717, 1.165) is 32.1 Å². The number of carbonyl (C=O) groups is 4. The second-order valence-electron chi connectivity index (χ2n) is 8.78. The summed E-state index contributed by atoms with van der Waals surface area (Å²) < 4.78 is 9.95. The normalized spacial score (nSPS) is 16.2. The van der Waals surface area contributed by atoms with Gasteiger partial charge >= 0.3 is 23.9 Å². The standard InChI is InChI=1S/C22H38O8/c1-7-8-9-10-11-12-21(3,19(27)29-5)14-22(4,20(28)30-6)13-15(2)16(17(23)24)18(25)26/h15-16H,7-14H2,1-6H3,(H,23,24)(H,25,26). The van der Waals surface area contributed by atoms with E-state index in [1.165, 1.54) is 21.1 Å². The molecule has 0 aromatic heterocycles. The summed E-state index contributed by atoms with van der Waals surface area (Å²) in [7, 11) is 2.51. The van der Waals surface area contributed by atoms with Crippen LogP contribution in [0.3, 0.4) is 0 Å². The minimum Gasteiger partial charge on any atom is -0.481 e. The second kappa shape index (κ2) is 12.5. The van der Waals surface area contributed by atoms with Crippen LogP contribution in [-0.2, 0) is 28.7 Å². The molecule has 8 heteroatoms. The smallest absolute Gasteiger partial charge is 0.318 e. The molecule has 0 rings (SSSR count). The number of rotatable bonds is 15. The van der Waals surface area contributed by atoms with Crippen molar-refractivity contribution in [3.05, 3.63) is 0 Å². The summed E-state index contributed by atoms with van der Waals surface area (Å²) in [5.41, 5.74) is -2.23. The summed E-state index contributed by atoms with van der Waals surface area (Å²) in [6.07, 6.45) is 5.52. The van der Waals surface area contributed by atoms with Gasteiger partial charge in [-0.05, 0) is 39.0 Å². The highest BCUT2D eigenvalue weighted by molar-refractivity contribution is 5.93. The number of ether oxygens (including phenoxy) is 2. The highest BCUT2D eigenvalue weighted by atomic mass is 16.5. The predicted molar refractivity (Wildman–Crippen MR) is 111 cm³/mol. The number of unbranched alkanes of at least 4 members (excludes halogenated alkanes) is 4. The first-order valence-electron chi connectivity index (χ1n) is 10.5. The van der Waals surface area contributed by atoms with Crippen LogP contribution in [-0.4, -0.2) is 48.3 Å². The summed E-state index contributed by atoms with van der Waals surface area (Å²) in [6, 6.07) is 0. The number of methoxy groups -OCH3 is 2. The first kappa shape index (κ1) is 27.9. The molecule has 30 heavy (non-hydrogen) atoms. The number of carbonyl (C=O) groups excluding carboxylic acids is 2. The molecule has 2 N–H and O–H groups in total. The number of esters is 2. The monoisotopic (exact) mass is 430 g/mol. The molecule has 0 fully saturated rings. The minimum absolute atomic E-state index is 0.0502. The van der Waals surface area contributed by atoms with Crippen molar-refractivity contribution in [2.45, 2.75) is 79.1 Å². The van der Waals surface area contributed by atoms with Crippen LogP contribution in [0.2, 0.25) is 0 Å². The van der Waals surface area contributed by atoms with Gasteiger partial charge in [0.1, 0.15) is 0 Å². The van der Waals surface area contributed by atoms with Gasteiger partial charge in [-0.3, -0.25) is 19.2 Å². The fourth-order valence-electron chi connectivity index (χ4n) is 4.38. The highest BCUT2D eigenvalue weighted by Crippen LogP contribution is 2.44. The molecule has 174 valence electrons. The van der Waals surface area contributed by atoms with Gasteiger partial charge in [0, 0.05) is 0 Å². The van der Waals surface area contributed by atoms with E-state index in [0.29, 0.717) is 6.42 Å². The van der Waals surface area contributed by atoms with Crippen molar-refractivity contribution in [2.75, 3.05) is 14.2 Å². The van der Waals surface area contributed by atoms with Crippen LogP contribution in [0.15, 0.2) is 0 Å². The van der Waals surface area contributed by atoms with Crippen molar-refractivity contribution in [1.29, 1.82) is 0 Å². The van der Waals surface area contributed by atoms with Gasteiger partial charge in [0.15, 0.2) is 5.92 Å². The zero-order valence-corrected chi connectivity index (χ0v) is 19.2. The van der Waals surface area contributed by atoms with Gasteiger partial charge < -0.3 is 19.7 Å². The number of carboxylic acids is 2. The number of hydrogen-bond acceptors (Lipinski definition) is 6. The zero-order chi connectivity index (χ0) is 23.5. The molecule has 0 aromatic rings. The molecule has 0 saturated heterocycles. The van der Waals surface area contributed by atoms with Crippen molar-refractivity contribution in [3.63, 3.8) is 0 Å². The van der Waals surface area contributed by atoms with Crippen molar-refractivity contribution in [2.24, 2.45) is 22.7 Å². The van der Waals surface area contributed by atoms with Crippen molar-refractivity contribution in [3.8, 4) is 0 Å². The molecule has 0 aliphatic heterocycles. The predicted octanol–water partition coefficient (Wildman–Crippen LogP) is 3.91. The topological polar surface area (TPSA) is 127 Å². The quantitative estimate of drug-likeness (QED) is 0.227. The van der Waals surface area contributed by atoms with Crippen LogP contribution in [0.4, 0.5) is 0 Å². The molecule has 0 aliphatic rings. The van der Waals surface area contributed by atoms with Gasteiger partial charge in [-0.25, -0.2) is 0 Å². The Labute approximate surface area is 179 Å². The Hall–Kier alpha value is -2.12. The van der Waals surface area contributed by atoms with Crippen molar-refractivity contribution >= 4 is 23.9 Å². The van der Waals surface area contributed by atoms with Crippen LogP contribution in [0.25, 0.3) is 0 Å². The fraction of sp³-hybridized carbons (Fsp3) is 0.818. The molecule has 3 unspecified atom stereocenters. The maximum Gasteiger partial charge on any atom is 0.318 e. The van der Waals surface area contributed by atoms with E-state index in [1.54, 1.807) is 13.8 Å². The van der Waals surface area contributed by atoms with E-state index < -0.39 is 46.5 Å². The lowest BCUT2D eigenvalue weighted by atomic mass is 9.66. The Morgan fingerprint density at radius 3 is 1.73 bits per heavy atom. The van der Waals surface area contributed by atoms with E-state index in [4.69, 9.17) is 9.47 Å². The van der Waals surface area contributed by atoms with Gasteiger partial charge in [-0.1, -0.05) is 46.0 Å². The van der Waals surface area contributed by atoms with Crippen LogP contribution in [0, 0.1) is 22.7 Å². The molecular formula is C22H38O8. The summed E-state index contributed by atoms with van der Waals surface area (Å²) in [5.74, 6) is -6.50. The highest BCUT2D eigenvalue weighted by Gasteiger charge is 2.48. The van der Waals surface area contributed by atoms with Crippen LogP contribution >= 0.6 is 0 Å². The van der Waals surface area contributed by atoms with Gasteiger partial charge in [0.25, 0.3) is 0 Å². The molecule has 0 amide bonds. The Kier molecular flexibility index (Phi) is 11.7. The molecule has 8 nitrogen and oxygen atoms in total. The molecule has 0 bridgehead atoms. The number of hydrogen-bond donors (Lipinski definition) is 2. The minimum atomic E-state index is -1.66. The van der Waals surface area contributed by atoms with Crippen molar-refractivity contribution < 1.29 is 38.9 Å². The van der Waals surface area contributed by atoms with E-state index in [9.17, 15) is 29.4 Å². The first-order chi connectivity index (χ1) is 13.9. The Balaban J connectivity index is 5.72. The fourth-order valence-corrected chi connectivity index (χ4v) is 4.38. The molecule has 0 heterocycles. The average molecular weight is 431 g/mol. The van der Waals surface area contributed by atoms with E-state index >= 15 is 0 Å². The number of carboxylic acid groups (broad SMARTS) is 2. The Morgan fingerprint density at radius 1 is 0.833 bits per heavy atom. The Bertz CT molecular complexity index is 588. The third-order valence-corrected chi connectivity index (χ3v) is 5.84.